The number of amides is 1. The van der Waals surface area contributed by atoms with Gasteiger partial charge >= 0.3 is 0 Å². The SMILES string of the molecule is COc1cc(Cl)cc(C(=O)Nc2ccc(Cl)cn2)c1CC(=O)c1ccc(C(=N)N2CC2)cc1F. The Labute approximate surface area is 205 Å². The summed E-state index contributed by atoms with van der Waals surface area (Å²) in [6.45, 7) is 1.52. The Hall–Kier alpha value is -3.49. The van der Waals surface area contributed by atoms with Crippen LogP contribution in [0.5, 0.6) is 5.75 Å². The van der Waals surface area contributed by atoms with Crippen molar-refractivity contribution in [2.24, 2.45) is 0 Å². The number of nitrogens with zero attached hydrogens (tertiary/aromatic N) is 2. The van der Waals surface area contributed by atoms with E-state index in [2.05, 4.69) is 10.3 Å². The Morgan fingerprint density at radius 3 is 2.50 bits per heavy atom. The molecule has 0 radical (unpaired) electrons. The minimum absolute atomic E-state index is 0.0924. The predicted octanol–water partition coefficient (Wildman–Crippen LogP) is 4.85. The first-order chi connectivity index (χ1) is 16.3. The number of ketones is 1. The maximum atomic E-state index is 14.8. The molecule has 1 aromatic heterocycles. The van der Waals surface area contributed by atoms with Gasteiger partial charge in [0.05, 0.1) is 17.7 Å². The van der Waals surface area contributed by atoms with Gasteiger partial charge in [-0.2, -0.15) is 0 Å². The highest BCUT2D eigenvalue weighted by atomic mass is 35.5. The van der Waals surface area contributed by atoms with Crippen molar-refractivity contribution >= 4 is 46.5 Å². The van der Waals surface area contributed by atoms with Crippen LogP contribution in [0.1, 0.15) is 31.8 Å². The lowest BCUT2D eigenvalue weighted by Gasteiger charge is -2.15. The zero-order valence-corrected chi connectivity index (χ0v) is 19.5. The molecule has 1 aliphatic rings. The number of nitrogens with one attached hydrogen (secondary N) is 2. The molecule has 10 heteroatoms. The van der Waals surface area contributed by atoms with Gasteiger partial charge < -0.3 is 15.0 Å². The fraction of sp³-hybridized carbons (Fsp3) is 0.167. The molecular weight excluding hydrogens is 482 g/mol. The quantitative estimate of drug-likeness (QED) is 0.209. The van der Waals surface area contributed by atoms with E-state index < -0.39 is 17.5 Å². The van der Waals surface area contributed by atoms with Crippen molar-refractivity contribution in [1.82, 2.24) is 9.88 Å². The molecule has 1 fully saturated rings. The second-order valence-electron chi connectivity index (χ2n) is 7.58. The summed E-state index contributed by atoms with van der Waals surface area (Å²) >= 11 is 12.0. The molecule has 34 heavy (non-hydrogen) atoms. The van der Waals surface area contributed by atoms with Crippen LogP contribution in [-0.2, 0) is 6.42 Å². The molecule has 2 aromatic carbocycles. The summed E-state index contributed by atoms with van der Waals surface area (Å²) in [4.78, 5) is 31.8. The molecule has 174 valence electrons. The lowest BCUT2D eigenvalue weighted by molar-refractivity contribution is 0.0987. The maximum Gasteiger partial charge on any atom is 0.257 e. The molecule has 2 heterocycles. The number of benzene rings is 2. The zero-order chi connectivity index (χ0) is 24.4. The number of ether oxygens (including phenoxy) is 1. The number of carbonyl (C=O) groups excluding carboxylic acids is 2. The van der Waals surface area contributed by atoms with Crippen molar-refractivity contribution in [2.75, 3.05) is 25.5 Å². The van der Waals surface area contributed by atoms with Crippen LogP contribution >= 0.6 is 23.2 Å². The summed E-state index contributed by atoms with van der Waals surface area (Å²) in [7, 11) is 1.39. The van der Waals surface area contributed by atoms with Gasteiger partial charge in [-0.15, -0.1) is 0 Å². The van der Waals surface area contributed by atoms with Gasteiger partial charge in [-0.05, 0) is 36.4 Å². The van der Waals surface area contributed by atoms with Crippen molar-refractivity contribution in [3.63, 3.8) is 0 Å². The number of hydrogen-bond donors (Lipinski definition) is 2. The number of halogens is 3. The van der Waals surface area contributed by atoms with Crippen LogP contribution in [0.3, 0.4) is 0 Å². The topological polar surface area (TPSA) is 95.1 Å². The van der Waals surface area contributed by atoms with Gasteiger partial charge in [-0.3, -0.25) is 15.0 Å². The van der Waals surface area contributed by atoms with E-state index in [0.717, 1.165) is 13.1 Å². The molecule has 0 unspecified atom stereocenters. The summed E-state index contributed by atoms with van der Waals surface area (Å²) < 4.78 is 20.1. The standard InChI is InChI=1S/C24H19Cl2FN4O3/c1-34-21-10-15(26)9-18(24(33)30-22-5-3-14(25)12-29-22)17(21)11-20(32)16-4-2-13(8-19(16)27)23(28)31-6-7-31/h2-5,8-10,12,28H,6-7,11H2,1H3,(H,29,30,33). The van der Waals surface area contributed by atoms with Crippen molar-refractivity contribution < 1.29 is 18.7 Å². The molecule has 0 spiro atoms. The number of carbonyl (C=O) groups is 2. The normalized spacial score (nSPS) is 12.3. The highest BCUT2D eigenvalue weighted by Gasteiger charge is 2.25. The van der Waals surface area contributed by atoms with Gasteiger partial charge in [0.2, 0.25) is 0 Å². The Morgan fingerprint density at radius 2 is 1.88 bits per heavy atom. The fourth-order valence-electron chi connectivity index (χ4n) is 3.41. The first kappa shape index (κ1) is 23.7. The number of methoxy groups -OCH3 is 1. The van der Waals surface area contributed by atoms with E-state index in [1.165, 1.54) is 49.7 Å². The molecular formula is C24H19Cl2FN4O3. The summed E-state index contributed by atoms with van der Waals surface area (Å²) in [5, 5.41) is 11.3. The van der Waals surface area contributed by atoms with Crippen LogP contribution in [0.25, 0.3) is 0 Å². The average molecular weight is 501 g/mol. The van der Waals surface area contributed by atoms with Gasteiger partial charge in [0.1, 0.15) is 23.2 Å². The largest absolute Gasteiger partial charge is 0.496 e. The van der Waals surface area contributed by atoms with Crippen molar-refractivity contribution in [1.29, 1.82) is 5.41 Å². The molecule has 0 aliphatic carbocycles. The number of pyridine rings is 1. The second kappa shape index (κ2) is 9.79. The molecule has 1 saturated heterocycles. The van der Waals surface area contributed by atoms with E-state index in [-0.39, 0.29) is 45.5 Å². The van der Waals surface area contributed by atoms with Crippen LogP contribution < -0.4 is 10.1 Å². The van der Waals surface area contributed by atoms with Crippen LogP contribution in [0, 0.1) is 11.2 Å². The summed E-state index contributed by atoms with van der Waals surface area (Å²) in [5.74, 6) is -1.18. The lowest BCUT2D eigenvalue weighted by Crippen LogP contribution is -2.18. The fourth-order valence-corrected chi connectivity index (χ4v) is 3.73. The number of rotatable bonds is 7. The summed E-state index contributed by atoms with van der Waals surface area (Å²) in [6, 6.07) is 10.0. The Balaban J connectivity index is 1.63. The van der Waals surface area contributed by atoms with Gasteiger partial charge in [-0.1, -0.05) is 29.3 Å². The van der Waals surface area contributed by atoms with Gasteiger partial charge in [-0.25, -0.2) is 9.37 Å². The van der Waals surface area contributed by atoms with E-state index in [1.54, 1.807) is 11.0 Å². The molecule has 2 N–H and O–H groups in total. The second-order valence-corrected chi connectivity index (χ2v) is 8.45. The van der Waals surface area contributed by atoms with Crippen molar-refractivity contribution in [3.05, 3.63) is 86.8 Å². The Kier molecular flexibility index (Phi) is 6.81. The third kappa shape index (κ3) is 5.18. The number of anilines is 1. The number of Topliss-reactive ketones (excluding diaryl/α,β-unsaturated/α-hetero) is 1. The third-order valence-corrected chi connectivity index (χ3v) is 5.69. The third-order valence-electron chi connectivity index (χ3n) is 5.25. The smallest absolute Gasteiger partial charge is 0.257 e. The molecule has 0 atom stereocenters. The minimum atomic E-state index is -0.738. The highest BCUT2D eigenvalue weighted by molar-refractivity contribution is 6.31. The predicted molar refractivity (Wildman–Crippen MR) is 128 cm³/mol. The monoisotopic (exact) mass is 500 g/mol. The van der Waals surface area contributed by atoms with Crippen LogP contribution in [-0.4, -0.2) is 47.6 Å². The maximum absolute atomic E-state index is 14.8. The molecule has 1 aliphatic heterocycles. The van der Waals surface area contributed by atoms with Gasteiger partial charge in [0, 0.05) is 47.4 Å². The van der Waals surface area contributed by atoms with Crippen molar-refractivity contribution in [2.45, 2.75) is 6.42 Å². The molecule has 0 saturated carbocycles. The van der Waals surface area contributed by atoms with Gasteiger partial charge in [0.15, 0.2) is 5.78 Å². The molecule has 3 aromatic rings. The molecule has 0 bridgehead atoms. The van der Waals surface area contributed by atoms with E-state index in [0.29, 0.717) is 10.6 Å². The number of hydrogen-bond acceptors (Lipinski definition) is 5. The minimum Gasteiger partial charge on any atom is -0.496 e. The van der Waals surface area contributed by atoms with Crippen LogP contribution in [0.2, 0.25) is 10.0 Å². The molecule has 7 nitrogen and oxygen atoms in total. The first-order valence-corrected chi connectivity index (χ1v) is 11.0. The molecule has 1 amide bonds. The summed E-state index contributed by atoms with van der Waals surface area (Å²) in [6.07, 6.45) is 1.07. The van der Waals surface area contributed by atoms with E-state index in [4.69, 9.17) is 33.3 Å². The van der Waals surface area contributed by atoms with E-state index >= 15 is 0 Å². The Morgan fingerprint density at radius 1 is 1.12 bits per heavy atom. The average Bonchev–Trinajstić information content (AvgIpc) is 3.66. The van der Waals surface area contributed by atoms with E-state index in [1.807, 2.05) is 0 Å². The van der Waals surface area contributed by atoms with Crippen LogP contribution in [0.15, 0.2) is 48.7 Å². The zero-order valence-electron chi connectivity index (χ0n) is 18.0. The van der Waals surface area contributed by atoms with Gasteiger partial charge in [0.25, 0.3) is 5.91 Å². The highest BCUT2D eigenvalue weighted by Crippen LogP contribution is 2.30. The van der Waals surface area contributed by atoms with E-state index in [9.17, 15) is 14.0 Å². The molecule has 4 rings (SSSR count). The lowest BCUT2D eigenvalue weighted by atomic mass is 9.96. The number of aromatic nitrogens is 1. The van der Waals surface area contributed by atoms with Crippen molar-refractivity contribution in [3.8, 4) is 5.75 Å². The van der Waals surface area contributed by atoms with Crippen LogP contribution in [0.4, 0.5) is 10.2 Å². The number of amidine groups is 1. The Bertz CT molecular complexity index is 1290. The first-order valence-electron chi connectivity index (χ1n) is 10.2. The summed E-state index contributed by atoms with van der Waals surface area (Å²) in [5.41, 5.74) is 0.592.